The molecule has 0 spiro atoms. The molecule has 0 bridgehead atoms. The predicted octanol–water partition coefficient (Wildman–Crippen LogP) is 2.71. The third kappa shape index (κ3) is 2.05. The zero-order valence-corrected chi connectivity index (χ0v) is 10.5. The van der Waals surface area contributed by atoms with Crippen LogP contribution in [-0.2, 0) is 11.2 Å². The molecule has 3 nitrogen and oxygen atoms in total. The van der Waals surface area contributed by atoms with E-state index >= 15 is 0 Å². The van der Waals surface area contributed by atoms with E-state index in [4.69, 9.17) is 0 Å². The van der Waals surface area contributed by atoms with Crippen molar-refractivity contribution in [3.05, 3.63) is 51.7 Å². The summed E-state index contributed by atoms with van der Waals surface area (Å²) in [5.41, 5.74) is 2.85. The summed E-state index contributed by atoms with van der Waals surface area (Å²) in [5.74, 6) is 0.0639. The number of thiophene rings is 1. The molecule has 0 fully saturated rings. The summed E-state index contributed by atoms with van der Waals surface area (Å²) in [6.07, 6.45) is 0.686. The first-order chi connectivity index (χ1) is 8.74. The second-order valence-electron chi connectivity index (χ2n) is 4.38. The van der Waals surface area contributed by atoms with Crippen molar-refractivity contribution in [2.45, 2.75) is 18.9 Å². The second-order valence-corrected chi connectivity index (χ2v) is 5.36. The molecule has 0 aliphatic carbocycles. The quantitative estimate of drug-likeness (QED) is 0.871. The third-order valence-corrected chi connectivity index (χ3v) is 4.08. The Morgan fingerprint density at radius 2 is 2.17 bits per heavy atom. The van der Waals surface area contributed by atoms with Gasteiger partial charge in [0.1, 0.15) is 6.10 Å². The molecule has 1 amide bonds. The summed E-state index contributed by atoms with van der Waals surface area (Å²) < 4.78 is 0. The Kier molecular flexibility index (Phi) is 2.89. The maximum atomic E-state index is 11.3. The fraction of sp³-hybridized carbons (Fsp3) is 0.214. The average Bonchev–Trinajstić information content (AvgIpc) is 2.91. The number of aliphatic hydroxyl groups is 1. The van der Waals surface area contributed by atoms with E-state index in [-0.39, 0.29) is 5.91 Å². The van der Waals surface area contributed by atoms with Gasteiger partial charge in [0, 0.05) is 17.0 Å². The number of amides is 1. The van der Waals surface area contributed by atoms with Crippen molar-refractivity contribution in [2.24, 2.45) is 0 Å². The van der Waals surface area contributed by atoms with Crippen LogP contribution in [0.1, 0.15) is 28.5 Å². The Hall–Kier alpha value is -1.65. The number of aliphatic hydroxyl groups excluding tert-OH is 1. The number of benzene rings is 1. The minimum Gasteiger partial charge on any atom is -0.383 e. The van der Waals surface area contributed by atoms with E-state index in [1.165, 1.54) is 0 Å². The molecule has 0 saturated carbocycles. The normalized spacial score (nSPS) is 15.9. The molecule has 1 aliphatic rings. The molecule has 3 rings (SSSR count). The Morgan fingerprint density at radius 3 is 2.94 bits per heavy atom. The summed E-state index contributed by atoms with van der Waals surface area (Å²) in [4.78, 5) is 12.2. The molecular formula is C14H13NO2S. The molecule has 1 unspecified atom stereocenters. The fourth-order valence-corrected chi connectivity index (χ4v) is 2.92. The number of nitrogens with one attached hydrogen (secondary N) is 1. The number of carbonyl (C=O) groups is 1. The highest BCUT2D eigenvalue weighted by Gasteiger charge is 2.17. The molecule has 0 radical (unpaired) electrons. The summed E-state index contributed by atoms with van der Waals surface area (Å²) in [7, 11) is 0. The van der Waals surface area contributed by atoms with E-state index in [1.807, 2.05) is 35.7 Å². The molecule has 1 aliphatic heterocycles. The first-order valence-corrected chi connectivity index (χ1v) is 6.76. The molecule has 0 saturated heterocycles. The van der Waals surface area contributed by atoms with Gasteiger partial charge in [-0.1, -0.05) is 18.2 Å². The van der Waals surface area contributed by atoms with Gasteiger partial charge >= 0.3 is 0 Å². The van der Waals surface area contributed by atoms with Crippen LogP contribution in [0.2, 0.25) is 0 Å². The summed E-state index contributed by atoms with van der Waals surface area (Å²) in [6.45, 7) is 0. The lowest BCUT2D eigenvalue weighted by Crippen LogP contribution is -2.19. The molecule has 18 heavy (non-hydrogen) atoms. The number of hydrogen-bond donors (Lipinski definition) is 2. The van der Waals surface area contributed by atoms with Crippen molar-refractivity contribution < 1.29 is 9.90 Å². The highest BCUT2D eigenvalue weighted by atomic mass is 32.1. The summed E-state index contributed by atoms with van der Waals surface area (Å²) >= 11 is 1.54. The number of carbonyl (C=O) groups excluding carboxylic acids is 1. The smallest absolute Gasteiger partial charge is 0.224 e. The van der Waals surface area contributed by atoms with E-state index in [9.17, 15) is 9.90 Å². The van der Waals surface area contributed by atoms with Crippen molar-refractivity contribution in [1.29, 1.82) is 0 Å². The van der Waals surface area contributed by atoms with Crippen LogP contribution in [0.3, 0.4) is 0 Å². The molecule has 2 heterocycles. The molecule has 1 aromatic heterocycles. The van der Waals surface area contributed by atoms with Crippen molar-refractivity contribution in [2.75, 3.05) is 5.32 Å². The van der Waals surface area contributed by atoms with Crippen LogP contribution in [0.25, 0.3) is 0 Å². The third-order valence-electron chi connectivity index (χ3n) is 3.15. The van der Waals surface area contributed by atoms with Crippen molar-refractivity contribution in [3.63, 3.8) is 0 Å². The van der Waals surface area contributed by atoms with E-state index in [0.717, 1.165) is 28.1 Å². The van der Waals surface area contributed by atoms with E-state index in [0.29, 0.717) is 6.42 Å². The standard InChI is InChI=1S/C14H13NO2S/c16-13-6-4-9-8-10(3-5-11(9)15-13)14(17)12-2-1-7-18-12/h1-3,5,7-8,14,17H,4,6H2,(H,15,16). The van der Waals surface area contributed by atoms with Crippen LogP contribution in [0.4, 0.5) is 5.69 Å². The van der Waals surface area contributed by atoms with Crippen LogP contribution < -0.4 is 5.32 Å². The molecule has 92 valence electrons. The highest BCUT2D eigenvalue weighted by Crippen LogP contribution is 2.30. The molecule has 1 aromatic carbocycles. The van der Waals surface area contributed by atoms with Gasteiger partial charge in [-0.05, 0) is 35.1 Å². The van der Waals surface area contributed by atoms with Gasteiger partial charge in [0.25, 0.3) is 0 Å². The topological polar surface area (TPSA) is 49.3 Å². The number of aryl methyl sites for hydroxylation is 1. The highest BCUT2D eigenvalue weighted by molar-refractivity contribution is 7.10. The van der Waals surface area contributed by atoms with Crippen molar-refractivity contribution in [1.82, 2.24) is 0 Å². The molecule has 2 N–H and O–H groups in total. The zero-order valence-electron chi connectivity index (χ0n) is 9.72. The molecule has 1 atom stereocenters. The van der Waals surface area contributed by atoms with Gasteiger partial charge in [0.05, 0.1) is 0 Å². The van der Waals surface area contributed by atoms with Gasteiger partial charge in [0.2, 0.25) is 5.91 Å². The molecular weight excluding hydrogens is 246 g/mol. The predicted molar refractivity (Wildman–Crippen MR) is 71.8 cm³/mol. The van der Waals surface area contributed by atoms with E-state index < -0.39 is 6.10 Å². The van der Waals surface area contributed by atoms with Gasteiger partial charge in [-0.3, -0.25) is 4.79 Å². The lowest BCUT2D eigenvalue weighted by molar-refractivity contribution is -0.116. The van der Waals surface area contributed by atoms with Gasteiger partial charge in [-0.15, -0.1) is 11.3 Å². The van der Waals surface area contributed by atoms with Gasteiger partial charge in [-0.25, -0.2) is 0 Å². The van der Waals surface area contributed by atoms with Crippen LogP contribution >= 0.6 is 11.3 Å². The largest absolute Gasteiger partial charge is 0.383 e. The number of hydrogen-bond acceptors (Lipinski definition) is 3. The average molecular weight is 259 g/mol. The first-order valence-electron chi connectivity index (χ1n) is 5.88. The van der Waals surface area contributed by atoms with Crippen molar-refractivity contribution >= 4 is 22.9 Å². The van der Waals surface area contributed by atoms with Crippen molar-refractivity contribution in [3.8, 4) is 0 Å². The lowest BCUT2D eigenvalue weighted by Gasteiger charge is -2.19. The summed E-state index contributed by atoms with van der Waals surface area (Å²) in [6, 6.07) is 9.59. The molecule has 2 aromatic rings. The summed E-state index contributed by atoms with van der Waals surface area (Å²) in [5, 5.41) is 15.1. The van der Waals surface area contributed by atoms with Gasteiger partial charge < -0.3 is 10.4 Å². The van der Waals surface area contributed by atoms with Crippen LogP contribution in [0.5, 0.6) is 0 Å². The fourth-order valence-electron chi connectivity index (χ4n) is 2.18. The maximum Gasteiger partial charge on any atom is 0.224 e. The van der Waals surface area contributed by atoms with Crippen LogP contribution in [-0.4, -0.2) is 11.0 Å². The Morgan fingerprint density at radius 1 is 1.28 bits per heavy atom. The minimum absolute atomic E-state index is 0.0639. The number of anilines is 1. The minimum atomic E-state index is -0.576. The Balaban J connectivity index is 1.93. The molecule has 4 heteroatoms. The zero-order chi connectivity index (χ0) is 12.5. The van der Waals surface area contributed by atoms with E-state index in [1.54, 1.807) is 11.3 Å². The first kappa shape index (κ1) is 11.4. The monoisotopic (exact) mass is 259 g/mol. The Labute approximate surface area is 109 Å². The van der Waals surface area contributed by atoms with Crippen LogP contribution in [0, 0.1) is 0 Å². The number of rotatable bonds is 2. The SMILES string of the molecule is O=C1CCc2cc(C(O)c3cccs3)ccc2N1. The lowest BCUT2D eigenvalue weighted by atomic mass is 9.98. The maximum absolute atomic E-state index is 11.3. The van der Waals surface area contributed by atoms with E-state index in [2.05, 4.69) is 5.32 Å². The Bertz CT molecular complexity index is 577. The van der Waals surface area contributed by atoms with Gasteiger partial charge in [0.15, 0.2) is 0 Å². The second kappa shape index (κ2) is 4.55. The number of fused-ring (bicyclic) bond motifs is 1. The van der Waals surface area contributed by atoms with Gasteiger partial charge in [-0.2, -0.15) is 0 Å². The van der Waals surface area contributed by atoms with Crippen LogP contribution in [0.15, 0.2) is 35.7 Å².